The van der Waals surface area contributed by atoms with Gasteiger partial charge >= 0.3 is 6.03 Å². The number of nitrogens with zero attached hydrogens (tertiary/aromatic N) is 1. The van der Waals surface area contributed by atoms with Crippen LogP contribution in [0.2, 0.25) is 0 Å². The van der Waals surface area contributed by atoms with Gasteiger partial charge in [-0.25, -0.2) is 9.18 Å². The third kappa shape index (κ3) is 4.88. The van der Waals surface area contributed by atoms with E-state index >= 15 is 0 Å². The van der Waals surface area contributed by atoms with Gasteiger partial charge in [-0.2, -0.15) is 0 Å². The highest BCUT2D eigenvalue weighted by molar-refractivity contribution is 7.21. The number of hydrogen-bond acceptors (Lipinski definition) is 3. The van der Waals surface area contributed by atoms with Gasteiger partial charge in [-0.05, 0) is 73.9 Å². The number of benzene rings is 2. The Morgan fingerprint density at radius 2 is 1.94 bits per heavy atom. The van der Waals surface area contributed by atoms with Crippen LogP contribution in [0.15, 0.2) is 42.5 Å². The Morgan fingerprint density at radius 1 is 1.16 bits per heavy atom. The summed E-state index contributed by atoms with van der Waals surface area (Å²) in [5.74, 6) is -0.0954. The van der Waals surface area contributed by atoms with Crippen LogP contribution in [-0.4, -0.2) is 36.5 Å². The number of aryl methyl sites for hydroxylation is 2. The first-order valence-electron chi connectivity index (χ1n) is 10.5. The van der Waals surface area contributed by atoms with Crippen molar-refractivity contribution in [3.05, 3.63) is 64.3 Å². The quantitative estimate of drug-likeness (QED) is 0.577. The molecule has 0 saturated carbocycles. The van der Waals surface area contributed by atoms with Crippen LogP contribution in [0.5, 0.6) is 0 Å². The molecule has 4 rings (SSSR count). The average Bonchev–Trinajstić information content (AvgIpc) is 3.09. The Morgan fingerprint density at radius 3 is 2.71 bits per heavy atom. The summed E-state index contributed by atoms with van der Waals surface area (Å²) in [4.78, 5) is 27.9. The minimum Gasteiger partial charge on any atom is -0.338 e. The van der Waals surface area contributed by atoms with E-state index in [9.17, 15) is 14.0 Å². The Bertz CT molecular complexity index is 1110. The second-order valence-corrected chi connectivity index (χ2v) is 9.21. The van der Waals surface area contributed by atoms with Gasteiger partial charge in [0.25, 0.3) is 5.91 Å². The van der Waals surface area contributed by atoms with Crippen molar-refractivity contribution in [1.29, 1.82) is 0 Å². The van der Waals surface area contributed by atoms with Gasteiger partial charge in [0.15, 0.2) is 0 Å². The number of hydrogen-bond donors (Lipinski definition) is 2. The van der Waals surface area contributed by atoms with E-state index in [0.29, 0.717) is 24.5 Å². The predicted octanol–water partition coefficient (Wildman–Crippen LogP) is 5.33. The molecule has 162 valence electrons. The molecule has 1 aliphatic rings. The Balaban J connectivity index is 1.36. The van der Waals surface area contributed by atoms with E-state index in [1.54, 1.807) is 6.07 Å². The normalized spacial score (nSPS) is 16.4. The van der Waals surface area contributed by atoms with Gasteiger partial charge < -0.3 is 15.5 Å². The van der Waals surface area contributed by atoms with Gasteiger partial charge in [0.2, 0.25) is 0 Å². The molecule has 5 nitrogen and oxygen atoms in total. The first-order chi connectivity index (χ1) is 14.9. The summed E-state index contributed by atoms with van der Waals surface area (Å²) in [5.41, 5.74) is 2.72. The molecule has 1 atom stereocenters. The Kier molecular flexibility index (Phi) is 6.23. The lowest BCUT2D eigenvalue weighted by Gasteiger charge is -2.32. The van der Waals surface area contributed by atoms with Crippen molar-refractivity contribution in [2.45, 2.75) is 26.7 Å². The van der Waals surface area contributed by atoms with Crippen LogP contribution >= 0.6 is 11.3 Å². The van der Waals surface area contributed by atoms with Gasteiger partial charge in [-0.3, -0.25) is 4.79 Å². The summed E-state index contributed by atoms with van der Waals surface area (Å²) < 4.78 is 14.5. The van der Waals surface area contributed by atoms with Gasteiger partial charge in [0.1, 0.15) is 5.82 Å². The highest BCUT2D eigenvalue weighted by Crippen LogP contribution is 2.33. The fourth-order valence-electron chi connectivity index (χ4n) is 4.01. The minimum absolute atomic E-state index is 0.00656. The van der Waals surface area contributed by atoms with E-state index in [4.69, 9.17) is 0 Å². The van der Waals surface area contributed by atoms with Crippen molar-refractivity contribution in [3.63, 3.8) is 0 Å². The molecule has 0 aliphatic carbocycles. The van der Waals surface area contributed by atoms with Crippen LogP contribution in [0.25, 0.3) is 10.1 Å². The molecule has 2 heterocycles. The number of piperidine rings is 1. The van der Waals surface area contributed by atoms with E-state index in [1.165, 1.54) is 23.5 Å². The summed E-state index contributed by atoms with van der Waals surface area (Å²) in [5, 5.41) is 6.56. The zero-order valence-corrected chi connectivity index (χ0v) is 18.5. The number of thiophene rings is 1. The highest BCUT2D eigenvalue weighted by atomic mass is 32.1. The fraction of sp³-hybridized carbons (Fsp3) is 0.333. The molecular weight excluding hydrogens is 413 g/mol. The first-order valence-corrected chi connectivity index (χ1v) is 11.3. The van der Waals surface area contributed by atoms with Gasteiger partial charge in [-0.1, -0.05) is 17.7 Å². The molecule has 1 aliphatic heterocycles. The van der Waals surface area contributed by atoms with E-state index in [2.05, 4.69) is 10.6 Å². The zero-order valence-electron chi connectivity index (χ0n) is 17.7. The molecule has 3 amide bonds. The van der Waals surface area contributed by atoms with E-state index in [1.807, 2.05) is 43.0 Å². The number of halogens is 1. The maximum absolute atomic E-state index is 13.6. The Hall–Kier alpha value is -2.93. The van der Waals surface area contributed by atoms with Crippen molar-refractivity contribution in [1.82, 2.24) is 10.2 Å². The first kappa shape index (κ1) is 21.3. The number of nitrogens with one attached hydrogen (secondary N) is 2. The maximum Gasteiger partial charge on any atom is 0.319 e. The maximum atomic E-state index is 13.6. The molecule has 7 heteroatoms. The third-order valence-corrected chi connectivity index (χ3v) is 7.02. The number of anilines is 1. The number of rotatable bonds is 4. The number of fused-ring (bicyclic) bond motifs is 1. The van der Waals surface area contributed by atoms with Gasteiger partial charge in [0.05, 0.1) is 4.88 Å². The van der Waals surface area contributed by atoms with Crippen molar-refractivity contribution in [2.24, 2.45) is 5.92 Å². The van der Waals surface area contributed by atoms with Crippen molar-refractivity contribution in [2.75, 3.05) is 25.0 Å². The van der Waals surface area contributed by atoms with E-state index < -0.39 is 0 Å². The van der Waals surface area contributed by atoms with Gasteiger partial charge in [0, 0.05) is 30.0 Å². The molecule has 0 spiro atoms. The summed E-state index contributed by atoms with van der Waals surface area (Å²) in [6.07, 6.45) is 1.86. The van der Waals surface area contributed by atoms with E-state index in [-0.39, 0.29) is 23.7 Å². The number of amides is 3. The molecule has 2 aromatic carbocycles. The highest BCUT2D eigenvalue weighted by Gasteiger charge is 2.27. The minimum atomic E-state index is -0.291. The Labute approximate surface area is 185 Å². The summed E-state index contributed by atoms with van der Waals surface area (Å²) in [6.45, 7) is 5.69. The monoisotopic (exact) mass is 439 g/mol. The lowest BCUT2D eigenvalue weighted by Crippen LogP contribution is -2.44. The van der Waals surface area contributed by atoms with Crippen LogP contribution in [0.4, 0.5) is 14.9 Å². The molecular formula is C24H26FN3O2S. The van der Waals surface area contributed by atoms with E-state index in [0.717, 1.165) is 39.7 Å². The summed E-state index contributed by atoms with van der Waals surface area (Å²) >= 11 is 1.42. The molecule has 31 heavy (non-hydrogen) atoms. The molecule has 3 aromatic rings. The SMILES string of the molecule is Cc1ccc(NC(=O)NCC2CCCN(C(=O)c3sc4ccc(F)cc4c3C)C2)cc1. The van der Waals surface area contributed by atoms with Crippen LogP contribution in [0, 0.1) is 25.6 Å². The molecule has 2 N–H and O–H groups in total. The molecule has 0 bridgehead atoms. The van der Waals surface area contributed by atoms with Crippen LogP contribution in [0.1, 0.15) is 33.6 Å². The van der Waals surface area contributed by atoms with Crippen LogP contribution in [-0.2, 0) is 0 Å². The molecule has 1 fully saturated rings. The number of carbonyl (C=O) groups excluding carboxylic acids is 2. The van der Waals surface area contributed by atoms with Crippen LogP contribution < -0.4 is 10.6 Å². The standard InChI is InChI=1S/C24H26FN3O2S/c1-15-5-8-19(9-6-15)27-24(30)26-13-17-4-3-11-28(14-17)23(29)22-16(2)20-12-18(25)7-10-21(20)31-22/h5-10,12,17H,3-4,11,13-14H2,1-2H3,(H2,26,27,30). The number of carbonyl (C=O) groups is 2. The predicted molar refractivity (Wildman–Crippen MR) is 123 cm³/mol. The van der Waals surface area contributed by atoms with Crippen molar-refractivity contribution < 1.29 is 14.0 Å². The molecule has 1 saturated heterocycles. The number of urea groups is 1. The lowest BCUT2D eigenvalue weighted by atomic mass is 9.97. The largest absolute Gasteiger partial charge is 0.338 e. The average molecular weight is 440 g/mol. The van der Waals surface area contributed by atoms with Gasteiger partial charge in [-0.15, -0.1) is 11.3 Å². The fourth-order valence-corrected chi connectivity index (χ4v) is 5.16. The second-order valence-electron chi connectivity index (χ2n) is 8.16. The van der Waals surface area contributed by atoms with Crippen LogP contribution in [0.3, 0.4) is 0 Å². The topological polar surface area (TPSA) is 61.4 Å². The third-order valence-electron chi connectivity index (χ3n) is 5.76. The summed E-state index contributed by atoms with van der Waals surface area (Å²) in [7, 11) is 0. The molecule has 1 aromatic heterocycles. The molecule has 1 unspecified atom stereocenters. The lowest BCUT2D eigenvalue weighted by molar-refractivity contribution is 0.0679. The van der Waals surface area contributed by atoms with Crippen molar-refractivity contribution in [3.8, 4) is 0 Å². The smallest absolute Gasteiger partial charge is 0.319 e. The zero-order chi connectivity index (χ0) is 22.0. The summed E-state index contributed by atoms with van der Waals surface area (Å²) in [6, 6.07) is 12.0. The number of likely N-dealkylation sites (tertiary alicyclic amines) is 1. The second kappa shape index (κ2) is 9.06. The van der Waals surface area contributed by atoms with Crippen molar-refractivity contribution >= 4 is 39.0 Å². The molecule has 0 radical (unpaired) electrons.